The summed E-state index contributed by atoms with van der Waals surface area (Å²) in [5.41, 5.74) is 1.44. The van der Waals surface area contributed by atoms with Crippen molar-refractivity contribution in [1.82, 2.24) is 25.1 Å². The first kappa shape index (κ1) is 26.2. The Bertz CT molecular complexity index is 1120. The van der Waals surface area contributed by atoms with Gasteiger partial charge in [0.25, 0.3) is 5.91 Å². The SMILES string of the molecule is CCn1c(SCC(=O)Nc2nc(C)c(C)s2)nnc1[C@H](CC(C)C)NC(=O)c1ccc(Cl)cc1. The number of nitrogens with zero attached hydrogens (tertiary/aromatic N) is 4. The van der Waals surface area contributed by atoms with Crippen LogP contribution in [0.5, 0.6) is 0 Å². The van der Waals surface area contributed by atoms with Gasteiger partial charge in [-0.15, -0.1) is 21.5 Å². The molecule has 0 bridgehead atoms. The fourth-order valence-electron chi connectivity index (χ4n) is 3.32. The predicted molar refractivity (Wildman–Crippen MR) is 138 cm³/mol. The van der Waals surface area contributed by atoms with Gasteiger partial charge in [-0.2, -0.15) is 0 Å². The van der Waals surface area contributed by atoms with E-state index < -0.39 is 0 Å². The van der Waals surface area contributed by atoms with Gasteiger partial charge in [0, 0.05) is 22.0 Å². The van der Waals surface area contributed by atoms with Crippen LogP contribution in [0, 0.1) is 19.8 Å². The molecule has 8 nitrogen and oxygen atoms in total. The lowest BCUT2D eigenvalue weighted by molar-refractivity contribution is -0.113. The van der Waals surface area contributed by atoms with Crippen LogP contribution in [0.4, 0.5) is 5.13 Å². The highest BCUT2D eigenvalue weighted by atomic mass is 35.5. The van der Waals surface area contributed by atoms with Crippen molar-refractivity contribution in [2.45, 2.75) is 58.8 Å². The maximum atomic E-state index is 12.9. The number of carbonyl (C=O) groups excluding carboxylic acids is 2. The molecule has 0 saturated heterocycles. The number of thiazole rings is 1. The van der Waals surface area contributed by atoms with Crippen LogP contribution in [-0.2, 0) is 11.3 Å². The molecule has 1 aromatic carbocycles. The molecule has 2 N–H and O–H groups in total. The number of nitrogens with one attached hydrogen (secondary N) is 2. The van der Waals surface area contributed by atoms with Crippen LogP contribution < -0.4 is 10.6 Å². The summed E-state index contributed by atoms with van der Waals surface area (Å²) in [5, 5.41) is 16.4. The Morgan fingerprint density at radius 1 is 1.18 bits per heavy atom. The molecule has 1 atom stereocenters. The van der Waals surface area contributed by atoms with Crippen LogP contribution >= 0.6 is 34.7 Å². The highest BCUT2D eigenvalue weighted by molar-refractivity contribution is 7.99. The quantitative estimate of drug-likeness (QED) is 0.353. The van der Waals surface area contributed by atoms with Crippen molar-refractivity contribution in [3.05, 3.63) is 51.2 Å². The van der Waals surface area contributed by atoms with Gasteiger partial charge in [0.1, 0.15) is 0 Å². The molecule has 2 heterocycles. The number of anilines is 1. The van der Waals surface area contributed by atoms with Crippen molar-refractivity contribution in [3.8, 4) is 0 Å². The fraction of sp³-hybridized carbons (Fsp3) is 0.435. The number of aromatic nitrogens is 4. The molecule has 0 aliphatic rings. The molecule has 0 spiro atoms. The van der Waals surface area contributed by atoms with Gasteiger partial charge < -0.3 is 15.2 Å². The van der Waals surface area contributed by atoms with Crippen LogP contribution in [-0.4, -0.2) is 37.3 Å². The van der Waals surface area contributed by atoms with Gasteiger partial charge in [-0.3, -0.25) is 9.59 Å². The summed E-state index contributed by atoms with van der Waals surface area (Å²) in [5.74, 6) is 0.829. The lowest BCUT2D eigenvalue weighted by Gasteiger charge is -2.21. The number of aryl methyl sites for hydroxylation is 2. The van der Waals surface area contributed by atoms with E-state index in [1.807, 2.05) is 25.3 Å². The summed E-state index contributed by atoms with van der Waals surface area (Å²) in [6, 6.07) is 6.45. The lowest BCUT2D eigenvalue weighted by Crippen LogP contribution is -2.31. The fourth-order valence-corrected chi connectivity index (χ4v) is 5.08. The van der Waals surface area contributed by atoms with E-state index in [1.165, 1.54) is 23.1 Å². The second-order valence-corrected chi connectivity index (χ2v) is 10.8. The Labute approximate surface area is 212 Å². The summed E-state index contributed by atoms with van der Waals surface area (Å²) in [7, 11) is 0. The predicted octanol–water partition coefficient (Wildman–Crippen LogP) is 5.27. The van der Waals surface area contributed by atoms with Gasteiger partial charge >= 0.3 is 0 Å². The monoisotopic (exact) mass is 520 g/mol. The molecular formula is C23H29ClN6O2S2. The van der Waals surface area contributed by atoms with Crippen LogP contribution in [0.25, 0.3) is 0 Å². The number of hydrogen-bond donors (Lipinski definition) is 2. The van der Waals surface area contributed by atoms with Crippen molar-refractivity contribution in [2.24, 2.45) is 5.92 Å². The topological polar surface area (TPSA) is 102 Å². The summed E-state index contributed by atoms with van der Waals surface area (Å²) >= 11 is 8.72. The zero-order chi connectivity index (χ0) is 24.8. The highest BCUT2D eigenvalue weighted by Crippen LogP contribution is 2.26. The van der Waals surface area contributed by atoms with Crippen molar-refractivity contribution in [1.29, 1.82) is 0 Å². The van der Waals surface area contributed by atoms with Gasteiger partial charge in [0.15, 0.2) is 16.1 Å². The van der Waals surface area contributed by atoms with Crippen molar-refractivity contribution in [3.63, 3.8) is 0 Å². The standard InChI is InChI=1S/C23H29ClN6O2S2/c1-6-30-20(18(11-13(2)3)26-21(32)16-7-9-17(24)10-8-16)28-29-23(30)33-12-19(31)27-22-25-14(4)15(5)34-22/h7-10,13,18H,6,11-12H2,1-5H3,(H,26,32)(H,25,27,31)/t18-/m0/s1. The molecule has 2 amide bonds. The van der Waals surface area contributed by atoms with Crippen molar-refractivity contribution in [2.75, 3.05) is 11.1 Å². The van der Waals surface area contributed by atoms with Gasteiger partial charge in [-0.05, 0) is 57.4 Å². The molecule has 3 aromatic rings. The smallest absolute Gasteiger partial charge is 0.251 e. The van der Waals surface area contributed by atoms with E-state index in [-0.39, 0.29) is 23.6 Å². The Morgan fingerprint density at radius 2 is 1.88 bits per heavy atom. The molecule has 2 aromatic heterocycles. The average Bonchev–Trinajstić information content (AvgIpc) is 3.33. The lowest BCUT2D eigenvalue weighted by atomic mass is 10.0. The summed E-state index contributed by atoms with van der Waals surface area (Å²) in [4.78, 5) is 30.7. The van der Waals surface area contributed by atoms with E-state index in [2.05, 4.69) is 39.7 Å². The summed E-state index contributed by atoms with van der Waals surface area (Å²) < 4.78 is 1.95. The molecule has 0 fully saturated rings. The Kier molecular flexibility index (Phi) is 9.10. The zero-order valence-corrected chi connectivity index (χ0v) is 22.3. The average molecular weight is 521 g/mol. The number of rotatable bonds is 10. The second kappa shape index (κ2) is 11.8. The summed E-state index contributed by atoms with van der Waals surface area (Å²) in [6.45, 7) is 10.7. The molecule has 3 rings (SSSR count). The molecule has 0 aliphatic heterocycles. The van der Waals surface area contributed by atoms with E-state index in [9.17, 15) is 9.59 Å². The minimum atomic E-state index is -0.319. The normalized spacial score (nSPS) is 12.1. The maximum Gasteiger partial charge on any atom is 0.251 e. The minimum absolute atomic E-state index is 0.152. The highest BCUT2D eigenvalue weighted by Gasteiger charge is 2.24. The maximum absolute atomic E-state index is 12.9. The third kappa shape index (κ3) is 6.80. The van der Waals surface area contributed by atoms with Crippen molar-refractivity contribution < 1.29 is 9.59 Å². The first-order valence-electron chi connectivity index (χ1n) is 11.0. The molecule has 0 unspecified atom stereocenters. The number of amides is 2. The minimum Gasteiger partial charge on any atom is -0.342 e. The summed E-state index contributed by atoms with van der Waals surface area (Å²) in [6.07, 6.45) is 0.700. The number of benzene rings is 1. The molecular weight excluding hydrogens is 492 g/mol. The van der Waals surface area contributed by atoms with E-state index in [1.54, 1.807) is 24.3 Å². The molecule has 0 aliphatic carbocycles. The Balaban J connectivity index is 1.72. The number of hydrogen-bond acceptors (Lipinski definition) is 7. The first-order valence-corrected chi connectivity index (χ1v) is 13.2. The molecule has 34 heavy (non-hydrogen) atoms. The molecule has 0 radical (unpaired) electrons. The Morgan fingerprint density at radius 3 is 2.47 bits per heavy atom. The number of thioether (sulfide) groups is 1. The largest absolute Gasteiger partial charge is 0.342 e. The van der Waals surface area contributed by atoms with Crippen LogP contribution in [0.3, 0.4) is 0 Å². The van der Waals surface area contributed by atoms with Gasteiger partial charge in [-0.25, -0.2) is 4.98 Å². The van der Waals surface area contributed by atoms with E-state index in [4.69, 9.17) is 11.6 Å². The van der Waals surface area contributed by atoms with E-state index in [0.29, 0.717) is 45.6 Å². The second-order valence-electron chi connectivity index (χ2n) is 8.24. The van der Waals surface area contributed by atoms with Gasteiger partial charge in [0.05, 0.1) is 17.5 Å². The Hall–Kier alpha value is -2.43. The molecule has 182 valence electrons. The van der Waals surface area contributed by atoms with Crippen LogP contribution in [0.15, 0.2) is 29.4 Å². The first-order chi connectivity index (χ1) is 16.2. The molecule has 0 saturated carbocycles. The third-order valence-electron chi connectivity index (χ3n) is 5.10. The van der Waals surface area contributed by atoms with Gasteiger partial charge in [0.2, 0.25) is 5.91 Å². The van der Waals surface area contributed by atoms with Crippen molar-refractivity contribution >= 4 is 51.6 Å². The van der Waals surface area contributed by atoms with E-state index in [0.717, 1.165) is 10.6 Å². The van der Waals surface area contributed by atoms with E-state index >= 15 is 0 Å². The number of halogens is 1. The van der Waals surface area contributed by atoms with Gasteiger partial charge in [-0.1, -0.05) is 37.2 Å². The number of carbonyl (C=O) groups is 2. The van der Waals surface area contributed by atoms with Crippen LogP contribution in [0.2, 0.25) is 5.02 Å². The van der Waals surface area contributed by atoms with Crippen LogP contribution in [0.1, 0.15) is 60.0 Å². The third-order valence-corrected chi connectivity index (χ3v) is 7.31. The molecule has 11 heteroatoms. The zero-order valence-electron chi connectivity index (χ0n) is 19.9.